The molecule has 8 rings (SSSR count). The molecule has 5 unspecified atom stereocenters. The Morgan fingerprint density at radius 2 is 1.39 bits per heavy atom. The second-order valence-electron chi connectivity index (χ2n) is 16.5. The molecule has 0 amide bonds. The van der Waals surface area contributed by atoms with Crippen LogP contribution in [0, 0.1) is 5.92 Å². The summed E-state index contributed by atoms with van der Waals surface area (Å²) in [6.45, 7) is -3.75. The van der Waals surface area contributed by atoms with Crippen molar-refractivity contribution in [2.24, 2.45) is 13.0 Å². The first-order valence-corrected chi connectivity index (χ1v) is 27.2. The van der Waals surface area contributed by atoms with Crippen LogP contribution in [0.5, 0.6) is 0 Å². The van der Waals surface area contributed by atoms with Crippen molar-refractivity contribution < 1.29 is 104 Å². The minimum Gasteiger partial charge on any atom is -0.778 e. The van der Waals surface area contributed by atoms with Gasteiger partial charge in [-0.1, -0.05) is 4.98 Å². The molecule has 0 aliphatic carbocycles. The molecule has 3 aliphatic heterocycles. The van der Waals surface area contributed by atoms with E-state index >= 15 is 0 Å². The van der Waals surface area contributed by atoms with Crippen molar-refractivity contribution in [1.29, 1.82) is 0 Å². The number of nitrogens with two attached hydrogens (primary N) is 2. The summed E-state index contributed by atoms with van der Waals surface area (Å²) < 4.78 is 109. The minimum atomic E-state index is -6.23. The third-order valence-corrected chi connectivity index (χ3v) is 17.8. The number of phosphoric acid groups is 3. The van der Waals surface area contributed by atoms with Crippen LogP contribution in [0.4, 0.5) is 11.9 Å². The maximum Gasteiger partial charge on any atom is 0.490 e. The molecule has 0 bridgehead atoms. The summed E-state index contributed by atoms with van der Waals surface area (Å²) in [5.41, 5.74) is 5.28. The molecular weight excluding hydrogens is 1090 g/mol. The topological polar surface area (TPSA) is 530 Å². The number of aliphatic hydroxyl groups is 3. The van der Waals surface area contributed by atoms with E-state index in [1.165, 1.54) is 29.6 Å². The predicted octanol–water partition coefficient (Wildman–Crippen LogP) is -5.24. The van der Waals surface area contributed by atoms with Crippen LogP contribution >= 0.6 is 31.1 Å². The average molecular weight is 1130 g/mol. The fourth-order valence-electron chi connectivity index (χ4n) is 8.53. The first-order valence-electron chi connectivity index (χ1n) is 21.1. The van der Waals surface area contributed by atoms with E-state index in [9.17, 15) is 72.3 Å². The first kappa shape index (κ1) is 55.5. The number of ether oxygens (including phenoxy) is 5. The minimum absolute atomic E-state index is 0.0214. The SMILES string of the molecule is COC[C@H]1[C@@H](O)[C@H]([n+]2cn(C)c3c(=O)[nH]c(N)nc32)O[C@@H]1COP(=O)(O)OP(=O)(O)OP(=O)(O)OC[C@H]1O[C@@H](n2ccc(=O)[nH]c2=O)[C@H](OC)[C@@H]1P(=O)([O-])OCC1O[C@@H](n2cnc3c(=O)[nH]c(N)nc32)[C@H](O)[C@@H]1O. The molecule has 5 aromatic rings. The standard InChI is InChI=1S/C33H46N12O25P4/c1-42-11-45(25-18(42)27(51)41-32(35)39-25)28-19(47)12(6-61-2)13(66-28)7-64-72(55,56)69-74(59,60)70-73(57,58)65-9-15-23(22(62-3)30(68-15)43-5-4-16(46)37-33(43)52)71(53,54)63-8-14-20(48)21(49)29(67-14)44-10-36-17-24(44)38-31(34)40-26(17)50/h4-5,10-15,19-23,28-30,47-49H,6-9H2,1-3H3,(H10-,34,35,37,38,39,40,41,46,50,51,52,53,54,55,56,57,58,59,60)/t12-,13-,14?,15-,19-,20-,21-,22-,23-,28-,29-,30-/m1/s1. The number of nitrogens with one attached hydrogen (secondary N) is 3. The van der Waals surface area contributed by atoms with E-state index in [4.69, 9.17) is 48.7 Å². The molecule has 408 valence electrons. The van der Waals surface area contributed by atoms with Gasteiger partial charge in [0, 0.05) is 32.4 Å². The van der Waals surface area contributed by atoms with Crippen LogP contribution in [0.15, 0.2) is 44.1 Å². The number of nitrogens with zero attached hydrogens (tertiary/aromatic N) is 7. The number of aliphatic hydroxyl groups excluding tert-OH is 3. The number of hydrogen-bond acceptors (Lipinski definition) is 27. The Kier molecular flexibility index (Phi) is 15.7. The highest BCUT2D eigenvalue weighted by Gasteiger charge is 2.55. The number of hydrogen-bond donors (Lipinski definition) is 11. The number of phosphoric ester groups is 2. The zero-order chi connectivity index (χ0) is 54.0. The van der Waals surface area contributed by atoms with Crippen molar-refractivity contribution >= 4 is 65.3 Å². The van der Waals surface area contributed by atoms with E-state index in [0.29, 0.717) is 4.57 Å². The summed E-state index contributed by atoms with van der Waals surface area (Å²) in [5.74, 6) is -1.68. The molecule has 3 saturated heterocycles. The van der Waals surface area contributed by atoms with E-state index in [-0.39, 0.29) is 40.8 Å². The highest BCUT2D eigenvalue weighted by Crippen LogP contribution is 2.68. The van der Waals surface area contributed by atoms with Crippen LogP contribution in [-0.4, -0.2) is 163 Å². The molecule has 16 atom stereocenters. The normalized spacial score (nSPS) is 30.6. The molecule has 0 spiro atoms. The molecule has 5 aromatic heterocycles. The van der Waals surface area contributed by atoms with E-state index < -0.39 is 146 Å². The molecule has 0 radical (unpaired) electrons. The van der Waals surface area contributed by atoms with Gasteiger partial charge in [-0.25, -0.2) is 28.0 Å². The van der Waals surface area contributed by atoms with Gasteiger partial charge in [-0.15, -0.1) is 0 Å². The number of nitrogen functional groups attached to an aromatic ring is 2. The highest BCUT2D eigenvalue weighted by molar-refractivity contribution is 7.66. The Bertz CT molecular complexity index is 3370. The Hall–Kier alpha value is -4.78. The van der Waals surface area contributed by atoms with E-state index in [1.54, 1.807) is 0 Å². The van der Waals surface area contributed by atoms with Gasteiger partial charge >= 0.3 is 34.8 Å². The van der Waals surface area contributed by atoms with Crippen LogP contribution in [0.25, 0.3) is 22.3 Å². The van der Waals surface area contributed by atoms with Crippen LogP contribution in [0.2, 0.25) is 0 Å². The average Bonchev–Trinajstić information content (AvgIpc) is 4.10. The van der Waals surface area contributed by atoms with Gasteiger partial charge in [0.2, 0.25) is 17.7 Å². The zero-order valence-corrected chi connectivity index (χ0v) is 41.7. The fraction of sp³-hybridized carbons (Fsp3) is 0.576. The number of H-pyrrole nitrogens is 3. The van der Waals surface area contributed by atoms with Gasteiger partial charge in [-0.2, -0.15) is 13.6 Å². The number of aryl methyl sites for hydroxylation is 1. The van der Waals surface area contributed by atoms with E-state index in [1.807, 2.05) is 4.98 Å². The molecule has 3 aliphatic rings. The van der Waals surface area contributed by atoms with E-state index in [0.717, 1.165) is 30.3 Å². The fourth-order valence-corrected chi connectivity index (χ4v) is 13.8. The highest BCUT2D eigenvalue weighted by atomic mass is 31.3. The summed E-state index contributed by atoms with van der Waals surface area (Å²) >= 11 is 0. The van der Waals surface area contributed by atoms with Crippen molar-refractivity contribution in [2.45, 2.75) is 67.1 Å². The second kappa shape index (κ2) is 21.0. The Labute approximate surface area is 410 Å². The first-order chi connectivity index (χ1) is 34.6. The number of rotatable bonds is 20. The largest absolute Gasteiger partial charge is 0.778 e. The smallest absolute Gasteiger partial charge is 0.490 e. The van der Waals surface area contributed by atoms with Gasteiger partial charge in [0.1, 0.15) is 38.1 Å². The van der Waals surface area contributed by atoms with Crippen molar-refractivity contribution in [1.82, 2.24) is 43.6 Å². The summed E-state index contributed by atoms with van der Waals surface area (Å²) in [4.78, 5) is 114. The monoisotopic (exact) mass is 1130 g/mol. The Morgan fingerprint density at radius 1 is 0.770 bits per heavy atom. The number of imidazole rings is 2. The van der Waals surface area contributed by atoms with Crippen molar-refractivity contribution in [2.75, 3.05) is 52.1 Å². The number of fused-ring (bicyclic) bond motifs is 2. The third kappa shape index (κ3) is 11.2. The summed E-state index contributed by atoms with van der Waals surface area (Å²) in [7, 11) is -20.0. The molecule has 3 fully saturated rings. The van der Waals surface area contributed by atoms with Crippen molar-refractivity contribution in [3.63, 3.8) is 0 Å². The van der Waals surface area contributed by atoms with Gasteiger partial charge in [0.25, 0.3) is 22.6 Å². The number of aromatic nitrogens is 10. The van der Waals surface area contributed by atoms with Crippen molar-refractivity contribution in [3.8, 4) is 0 Å². The molecule has 8 heterocycles. The summed E-state index contributed by atoms with van der Waals surface area (Å²) in [5, 5.41) is 33.0. The van der Waals surface area contributed by atoms with Gasteiger partial charge in [-0.05, 0) is 0 Å². The lowest BCUT2D eigenvalue weighted by molar-refractivity contribution is -0.745. The Morgan fingerprint density at radius 3 is 2.04 bits per heavy atom. The Balaban J connectivity index is 0.946. The van der Waals surface area contributed by atoms with Crippen LogP contribution < -0.4 is 43.3 Å². The van der Waals surface area contributed by atoms with Gasteiger partial charge < -0.3 is 79.1 Å². The molecular formula is C33H46N12O25P4. The van der Waals surface area contributed by atoms with Gasteiger partial charge in [0.05, 0.1) is 57.7 Å². The zero-order valence-electron chi connectivity index (χ0n) is 38.1. The molecule has 13 N–H and O–H groups in total. The molecule has 0 aromatic carbocycles. The summed E-state index contributed by atoms with van der Waals surface area (Å²) in [6, 6.07) is 0.842. The number of anilines is 2. The lowest BCUT2D eigenvalue weighted by atomic mass is 9.99. The lowest BCUT2D eigenvalue weighted by Crippen LogP contribution is -2.45. The quantitative estimate of drug-likeness (QED) is 0.0256. The lowest BCUT2D eigenvalue weighted by Gasteiger charge is -2.35. The van der Waals surface area contributed by atoms with Gasteiger partial charge in [-0.3, -0.25) is 52.1 Å². The van der Waals surface area contributed by atoms with Gasteiger partial charge in [0.15, 0.2) is 29.9 Å². The molecule has 41 heteroatoms. The van der Waals surface area contributed by atoms with Crippen LogP contribution in [0.1, 0.15) is 18.7 Å². The maximum absolute atomic E-state index is 14.1. The molecule has 37 nitrogen and oxygen atoms in total. The molecule has 74 heavy (non-hydrogen) atoms. The third-order valence-electron chi connectivity index (χ3n) is 11.7. The number of methoxy groups -OCH3 is 2. The predicted molar refractivity (Wildman–Crippen MR) is 237 cm³/mol. The maximum atomic E-state index is 14.1. The summed E-state index contributed by atoms with van der Waals surface area (Å²) in [6.07, 6.45) is -13.6. The molecule has 0 saturated carbocycles. The van der Waals surface area contributed by atoms with Crippen LogP contribution in [0.3, 0.4) is 0 Å². The second-order valence-corrected chi connectivity index (χ2v) is 23.1. The van der Waals surface area contributed by atoms with E-state index in [2.05, 4.69) is 33.5 Å². The number of aromatic amines is 3. The van der Waals surface area contributed by atoms with Crippen molar-refractivity contribution in [3.05, 3.63) is 66.5 Å². The van der Waals surface area contributed by atoms with Crippen LogP contribution in [-0.2, 0) is 71.2 Å².